The van der Waals surface area contributed by atoms with Gasteiger partial charge >= 0.3 is 0 Å². The van der Waals surface area contributed by atoms with Crippen LogP contribution < -0.4 is 11.1 Å². The van der Waals surface area contributed by atoms with E-state index in [1.165, 1.54) is 23.5 Å². The van der Waals surface area contributed by atoms with E-state index in [-0.39, 0.29) is 18.1 Å². The Bertz CT molecular complexity index is 655. The van der Waals surface area contributed by atoms with Gasteiger partial charge in [0.15, 0.2) is 0 Å². The Balaban J connectivity index is 2.12. The highest BCUT2D eigenvalue weighted by Gasteiger charge is 2.10. The minimum absolute atomic E-state index is 0.162. The maximum absolute atomic E-state index is 13.4. The van der Waals surface area contributed by atoms with Crippen LogP contribution in [0.5, 0.6) is 0 Å². The third-order valence-electron chi connectivity index (χ3n) is 2.27. The predicted octanol–water partition coefficient (Wildman–Crippen LogP) is 2.45. The fourth-order valence-corrected chi connectivity index (χ4v) is 2.19. The molecule has 19 heavy (non-hydrogen) atoms. The number of amides is 1. The second-order valence-electron chi connectivity index (χ2n) is 3.60. The molecule has 0 saturated heterocycles. The zero-order valence-electron chi connectivity index (χ0n) is 9.94. The molecule has 3 nitrogen and oxygen atoms in total. The number of rotatable bonds is 2. The molecule has 0 spiro atoms. The molecule has 0 aliphatic rings. The molecular weight excluding hydrogens is 263 g/mol. The lowest BCUT2D eigenvalue weighted by Crippen LogP contribution is -2.11. The van der Waals surface area contributed by atoms with Gasteiger partial charge in [0.25, 0.3) is 5.91 Å². The average molecular weight is 274 g/mol. The third kappa shape index (κ3) is 3.41. The van der Waals surface area contributed by atoms with Crippen molar-refractivity contribution in [2.45, 2.75) is 0 Å². The average Bonchev–Trinajstić information content (AvgIpc) is 2.88. The van der Waals surface area contributed by atoms with Gasteiger partial charge in [-0.25, -0.2) is 4.39 Å². The lowest BCUT2D eigenvalue weighted by atomic mass is 10.3. The summed E-state index contributed by atoms with van der Waals surface area (Å²) < 4.78 is 13.4. The number of nitrogens with one attached hydrogen (secondary N) is 1. The topological polar surface area (TPSA) is 55.1 Å². The first-order chi connectivity index (χ1) is 9.20. The summed E-state index contributed by atoms with van der Waals surface area (Å²) in [6.07, 6.45) is 0. The van der Waals surface area contributed by atoms with Gasteiger partial charge in [0, 0.05) is 0 Å². The lowest BCUT2D eigenvalue weighted by Gasteiger charge is -2.03. The van der Waals surface area contributed by atoms with Gasteiger partial charge in [-0.15, -0.1) is 11.3 Å². The molecule has 1 heterocycles. The van der Waals surface area contributed by atoms with Crippen molar-refractivity contribution in [3.63, 3.8) is 0 Å². The standard InChI is InChI=1S/C14H11FN2OS/c15-11-5-1-2-6-12(11)17-14(18)13-8-7-10(19-13)4-3-9-16/h1-2,5-8H,9,16H2,(H,17,18). The molecule has 2 rings (SSSR count). The molecule has 0 bridgehead atoms. The molecule has 0 atom stereocenters. The zero-order chi connectivity index (χ0) is 13.7. The number of thiophene rings is 1. The summed E-state index contributed by atoms with van der Waals surface area (Å²) >= 11 is 1.24. The van der Waals surface area contributed by atoms with Crippen LogP contribution >= 0.6 is 11.3 Å². The second kappa shape index (κ2) is 6.14. The van der Waals surface area contributed by atoms with Gasteiger partial charge in [-0.05, 0) is 24.3 Å². The van der Waals surface area contributed by atoms with E-state index in [0.717, 1.165) is 4.88 Å². The van der Waals surface area contributed by atoms with Crippen molar-refractivity contribution in [1.29, 1.82) is 0 Å². The molecule has 1 amide bonds. The highest BCUT2D eigenvalue weighted by molar-refractivity contribution is 7.14. The van der Waals surface area contributed by atoms with E-state index < -0.39 is 5.82 Å². The van der Waals surface area contributed by atoms with Crippen LogP contribution in [0, 0.1) is 17.7 Å². The highest BCUT2D eigenvalue weighted by Crippen LogP contribution is 2.19. The number of halogens is 1. The van der Waals surface area contributed by atoms with Crippen LogP contribution in [0.4, 0.5) is 10.1 Å². The van der Waals surface area contributed by atoms with E-state index in [9.17, 15) is 9.18 Å². The molecular formula is C14H11FN2OS. The smallest absolute Gasteiger partial charge is 0.265 e. The number of carbonyl (C=O) groups is 1. The van der Waals surface area contributed by atoms with Gasteiger partial charge in [-0.3, -0.25) is 4.79 Å². The van der Waals surface area contributed by atoms with Crippen LogP contribution in [0.25, 0.3) is 0 Å². The van der Waals surface area contributed by atoms with Gasteiger partial charge in [0.05, 0.1) is 22.0 Å². The summed E-state index contributed by atoms with van der Waals surface area (Å²) in [5.41, 5.74) is 5.43. The maximum Gasteiger partial charge on any atom is 0.265 e. The van der Waals surface area contributed by atoms with Crippen molar-refractivity contribution >= 4 is 22.9 Å². The van der Waals surface area contributed by atoms with Crippen LogP contribution in [0.2, 0.25) is 0 Å². The number of carbonyl (C=O) groups excluding carboxylic acids is 1. The molecule has 1 aromatic heterocycles. The molecule has 0 fully saturated rings. The molecule has 2 aromatic rings. The molecule has 0 unspecified atom stereocenters. The van der Waals surface area contributed by atoms with Crippen LogP contribution in [-0.2, 0) is 0 Å². The Kier molecular flexibility index (Phi) is 4.29. The van der Waals surface area contributed by atoms with E-state index in [4.69, 9.17) is 5.73 Å². The number of hydrogen-bond donors (Lipinski definition) is 2. The van der Waals surface area contributed by atoms with E-state index in [1.807, 2.05) is 0 Å². The zero-order valence-corrected chi connectivity index (χ0v) is 10.8. The monoisotopic (exact) mass is 274 g/mol. The number of nitrogens with two attached hydrogens (primary N) is 1. The third-order valence-corrected chi connectivity index (χ3v) is 3.26. The number of benzene rings is 1. The Morgan fingerprint density at radius 3 is 2.84 bits per heavy atom. The lowest BCUT2D eigenvalue weighted by molar-refractivity contribution is 0.103. The summed E-state index contributed by atoms with van der Waals surface area (Å²) in [4.78, 5) is 13.1. The van der Waals surface area contributed by atoms with Crippen molar-refractivity contribution in [1.82, 2.24) is 0 Å². The first-order valence-electron chi connectivity index (χ1n) is 5.55. The number of anilines is 1. The molecule has 0 saturated carbocycles. The normalized spacial score (nSPS) is 9.58. The van der Waals surface area contributed by atoms with Crippen molar-refractivity contribution in [3.8, 4) is 11.8 Å². The highest BCUT2D eigenvalue weighted by atomic mass is 32.1. The van der Waals surface area contributed by atoms with Crippen molar-refractivity contribution in [2.75, 3.05) is 11.9 Å². The molecule has 0 aliphatic carbocycles. The molecule has 3 N–H and O–H groups in total. The van der Waals surface area contributed by atoms with E-state index in [0.29, 0.717) is 4.88 Å². The van der Waals surface area contributed by atoms with Gasteiger partial charge in [-0.2, -0.15) is 0 Å². The largest absolute Gasteiger partial charge is 0.320 e. The second-order valence-corrected chi connectivity index (χ2v) is 4.69. The Morgan fingerprint density at radius 2 is 2.11 bits per heavy atom. The van der Waals surface area contributed by atoms with E-state index in [2.05, 4.69) is 17.2 Å². The fraction of sp³-hybridized carbons (Fsp3) is 0.0714. The quantitative estimate of drug-likeness (QED) is 0.826. The van der Waals surface area contributed by atoms with Gasteiger partial charge in [0.1, 0.15) is 5.82 Å². The Labute approximate surface area is 114 Å². The Hall–Kier alpha value is -2.16. The summed E-state index contributed by atoms with van der Waals surface area (Å²) in [5.74, 6) is 4.74. The minimum atomic E-state index is -0.462. The predicted molar refractivity (Wildman–Crippen MR) is 74.6 cm³/mol. The summed E-state index contributed by atoms with van der Waals surface area (Å²) in [5, 5.41) is 2.52. The summed E-state index contributed by atoms with van der Waals surface area (Å²) in [6.45, 7) is 0.272. The van der Waals surface area contributed by atoms with Gasteiger partial charge in [-0.1, -0.05) is 24.0 Å². The van der Waals surface area contributed by atoms with E-state index in [1.54, 1.807) is 24.3 Å². The molecule has 96 valence electrons. The number of hydrogen-bond acceptors (Lipinski definition) is 3. The molecule has 5 heteroatoms. The van der Waals surface area contributed by atoms with E-state index >= 15 is 0 Å². The van der Waals surface area contributed by atoms with Gasteiger partial charge in [0.2, 0.25) is 0 Å². The molecule has 0 aliphatic heterocycles. The van der Waals surface area contributed by atoms with Gasteiger partial charge < -0.3 is 11.1 Å². The first kappa shape index (κ1) is 13.3. The van der Waals surface area contributed by atoms with Crippen LogP contribution in [0.15, 0.2) is 36.4 Å². The minimum Gasteiger partial charge on any atom is -0.320 e. The fourth-order valence-electron chi connectivity index (χ4n) is 1.41. The van der Waals surface area contributed by atoms with Crippen LogP contribution in [0.1, 0.15) is 14.5 Å². The van der Waals surface area contributed by atoms with Crippen molar-refractivity contribution < 1.29 is 9.18 Å². The van der Waals surface area contributed by atoms with Crippen molar-refractivity contribution in [2.24, 2.45) is 5.73 Å². The van der Waals surface area contributed by atoms with Crippen molar-refractivity contribution in [3.05, 3.63) is 52.0 Å². The van der Waals surface area contributed by atoms with Crippen LogP contribution in [-0.4, -0.2) is 12.5 Å². The first-order valence-corrected chi connectivity index (χ1v) is 6.37. The molecule has 1 aromatic carbocycles. The summed E-state index contributed by atoms with van der Waals surface area (Å²) in [7, 11) is 0. The maximum atomic E-state index is 13.4. The summed E-state index contributed by atoms with van der Waals surface area (Å²) in [6, 6.07) is 9.42. The van der Waals surface area contributed by atoms with Crippen LogP contribution in [0.3, 0.4) is 0 Å². The Morgan fingerprint density at radius 1 is 1.32 bits per heavy atom. The number of para-hydroxylation sites is 1. The SMILES string of the molecule is NCC#Cc1ccc(C(=O)Nc2ccccc2F)s1. The molecule has 0 radical (unpaired) electrons.